The van der Waals surface area contributed by atoms with Gasteiger partial charge in [-0.05, 0) is 39.9 Å². The maximum absolute atomic E-state index is 12.0. The van der Waals surface area contributed by atoms with E-state index in [0.717, 1.165) is 0 Å². The van der Waals surface area contributed by atoms with Crippen LogP contribution in [0, 0.1) is 0 Å². The van der Waals surface area contributed by atoms with E-state index in [1.165, 1.54) is 0 Å². The molecule has 19 heavy (non-hydrogen) atoms. The minimum absolute atomic E-state index is 0.220. The largest absolute Gasteiger partial charge is 0.353 e. The summed E-state index contributed by atoms with van der Waals surface area (Å²) in [5, 5.41) is 5.47. The first-order valence-corrected chi connectivity index (χ1v) is 7.64. The van der Waals surface area contributed by atoms with Gasteiger partial charge < -0.3 is 10.6 Å². The molecule has 0 aromatic heterocycles. The first kappa shape index (κ1) is 19.0. The third kappa shape index (κ3) is 8.70. The van der Waals surface area contributed by atoms with E-state index < -0.39 is 10.8 Å². The van der Waals surface area contributed by atoms with Gasteiger partial charge in [-0.3, -0.25) is 9.59 Å². The van der Waals surface area contributed by atoms with Crippen LogP contribution in [0.15, 0.2) is 0 Å². The number of rotatable bonds is 7. The Morgan fingerprint density at radius 2 is 1.68 bits per heavy atom. The highest BCUT2D eigenvalue weighted by Gasteiger charge is 2.28. The van der Waals surface area contributed by atoms with Crippen LogP contribution in [0.25, 0.3) is 0 Å². The first-order chi connectivity index (χ1) is 8.47. The van der Waals surface area contributed by atoms with Crippen LogP contribution in [-0.4, -0.2) is 39.6 Å². The number of carbonyl (C=O) groups is 2. The van der Waals surface area contributed by atoms with Gasteiger partial charge in [0.25, 0.3) is 0 Å². The lowest BCUT2D eigenvalue weighted by Crippen LogP contribution is -2.52. The van der Waals surface area contributed by atoms with E-state index in [4.69, 9.17) is 0 Å². The fraction of sp³-hybridized carbons (Fsp3) is 0.833. The maximum Gasteiger partial charge on any atom is 0.242 e. The van der Waals surface area contributed by atoms with Crippen molar-refractivity contribution in [3.8, 4) is 0 Å². The van der Waals surface area contributed by atoms with Gasteiger partial charge in [0.1, 0.15) is 6.04 Å². The quantitative estimate of drug-likeness (QED) is 0.459. The molecule has 112 valence electrons. The third-order valence-electron chi connectivity index (χ3n) is 2.29. The molecule has 0 aliphatic carbocycles. The van der Waals surface area contributed by atoms with E-state index >= 15 is 0 Å². The van der Waals surface area contributed by atoms with Crippen LogP contribution in [0.5, 0.6) is 0 Å². The normalized spacial score (nSPS) is 13.8. The summed E-state index contributed by atoms with van der Waals surface area (Å²) < 4.78 is -1.12. The van der Waals surface area contributed by atoms with Crippen LogP contribution >= 0.6 is 37.9 Å². The fourth-order valence-electron chi connectivity index (χ4n) is 1.16. The van der Waals surface area contributed by atoms with Crippen molar-refractivity contribution in [2.75, 3.05) is 12.3 Å². The second-order valence-electron chi connectivity index (χ2n) is 5.63. The summed E-state index contributed by atoms with van der Waals surface area (Å²) in [6, 6.07) is -0.591. The molecule has 0 aliphatic rings. The second-order valence-corrected chi connectivity index (χ2v) is 8.40. The van der Waals surface area contributed by atoms with Gasteiger partial charge >= 0.3 is 0 Å². The Bertz CT molecular complexity index is 322. The average molecular weight is 325 g/mol. The Labute approximate surface area is 132 Å². The standard InChI is InChI=1S/C12H24N2O2S3/c1-11(2,18)7-13-9(15)8(5-6-17)14-10(16)12(3,4)19/h8,17-19H,5-7H2,1-4H3,(H,13,15)(H,14,16). The van der Waals surface area contributed by atoms with Gasteiger partial charge in [-0.25, -0.2) is 0 Å². The van der Waals surface area contributed by atoms with Crippen molar-refractivity contribution in [1.82, 2.24) is 10.6 Å². The number of amides is 2. The molecule has 0 bridgehead atoms. The summed E-state index contributed by atoms with van der Waals surface area (Å²) in [6.45, 7) is 7.59. The minimum Gasteiger partial charge on any atom is -0.353 e. The van der Waals surface area contributed by atoms with Gasteiger partial charge in [-0.1, -0.05) is 0 Å². The monoisotopic (exact) mass is 324 g/mol. The molecule has 0 saturated heterocycles. The zero-order chi connectivity index (χ0) is 15.3. The fourth-order valence-corrected chi connectivity index (χ4v) is 1.56. The van der Waals surface area contributed by atoms with E-state index in [1.807, 2.05) is 13.8 Å². The van der Waals surface area contributed by atoms with Crippen LogP contribution in [0.1, 0.15) is 34.1 Å². The summed E-state index contributed by atoms with van der Waals surface area (Å²) in [7, 11) is 0. The van der Waals surface area contributed by atoms with E-state index in [2.05, 4.69) is 48.5 Å². The smallest absolute Gasteiger partial charge is 0.242 e. The molecular weight excluding hydrogens is 300 g/mol. The Hall–Kier alpha value is -0.0100. The van der Waals surface area contributed by atoms with Crippen molar-refractivity contribution in [3.05, 3.63) is 0 Å². The molecule has 2 amide bonds. The summed E-state index contributed by atoms with van der Waals surface area (Å²) in [5.74, 6) is 0.0142. The number of thiol groups is 3. The highest BCUT2D eigenvalue weighted by atomic mass is 32.1. The molecular formula is C12H24N2O2S3. The van der Waals surface area contributed by atoms with Crippen LogP contribution in [0.4, 0.5) is 0 Å². The van der Waals surface area contributed by atoms with Gasteiger partial charge in [0, 0.05) is 11.3 Å². The van der Waals surface area contributed by atoms with Crippen molar-refractivity contribution < 1.29 is 9.59 Å². The molecule has 0 radical (unpaired) electrons. The molecule has 0 saturated carbocycles. The van der Waals surface area contributed by atoms with Crippen LogP contribution in [0.3, 0.4) is 0 Å². The molecule has 0 heterocycles. The topological polar surface area (TPSA) is 58.2 Å². The van der Waals surface area contributed by atoms with Gasteiger partial charge in [0.15, 0.2) is 0 Å². The Morgan fingerprint density at radius 1 is 1.16 bits per heavy atom. The van der Waals surface area contributed by atoms with Crippen molar-refractivity contribution >= 4 is 49.7 Å². The highest BCUT2D eigenvalue weighted by Crippen LogP contribution is 2.13. The number of hydrogen-bond acceptors (Lipinski definition) is 5. The molecule has 0 aromatic rings. The molecule has 2 N–H and O–H groups in total. The molecule has 0 fully saturated rings. The maximum atomic E-state index is 12.0. The molecule has 0 rings (SSSR count). The summed E-state index contributed by atoms with van der Waals surface area (Å²) in [4.78, 5) is 23.9. The molecule has 1 atom stereocenters. The van der Waals surface area contributed by atoms with Crippen LogP contribution in [-0.2, 0) is 9.59 Å². The van der Waals surface area contributed by atoms with Crippen LogP contribution < -0.4 is 10.6 Å². The van der Waals surface area contributed by atoms with E-state index in [-0.39, 0.29) is 16.6 Å². The van der Waals surface area contributed by atoms with Gasteiger partial charge in [-0.15, -0.1) is 0 Å². The lowest BCUT2D eigenvalue weighted by atomic mass is 10.1. The summed E-state index contributed by atoms with van der Waals surface area (Å²) in [5.41, 5.74) is 0. The average Bonchev–Trinajstić information content (AvgIpc) is 2.22. The van der Waals surface area contributed by atoms with Crippen molar-refractivity contribution in [3.63, 3.8) is 0 Å². The molecule has 4 nitrogen and oxygen atoms in total. The third-order valence-corrected chi connectivity index (χ3v) is 2.91. The SMILES string of the molecule is CC(C)(S)CNC(=O)C(CCS)NC(=O)C(C)(C)S. The van der Waals surface area contributed by atoms with E-state index in [9.17, 15) is 9.59 Å². The summed E-state index contributed by atoms with van der Waals surface area (Å²) in [6.07, 6.45) is 0.470. The highest BCUT2D eigenvalue weighted by molar-refractivity contribution is 7.82. The zero-order valence-electron chi connectivity index (χ0n) is 11.9. The van der Waals surface area contributed by atoms with Crippen molar-refractivity contribution in [2.45, 2.75) is 49.7 Å². The molecule has 0 aliphatic heterocycles. The Balaban J connectivity index is 4.55. The lowest BCUT2D eigenvalue weighted by Gasteiger charge is -2.25. The van der Waals surface area contributed by atoms with Crippen LogP contribution in [0.2, 0.25) is 0 Å². The molecule has 0 spiro atoms. The molecule has 0 aromatic carbocycles. The number of hydrogen-bond donors (Lipinski definition) is 5. The predicted octanol–water partition coefficient (Wildman–Crippen LogP) is 1.32. The Morgan fingerprint density at radius 3 is 2.05 bits per heavy atom. The molecule has 1 unspecified atom stereocenters. The summed E-state index contributed by atoms with van der Waals surface area (Å²) >= 11 is 12.6. The molecule has 7 heteroatoms. The first-order valence-electron chi connectivity index (χ1n) is 6.11. The van der Waals surface area contributed by atoms with Gasteiger partial charge in [0.05, 0.1) is 4.75 Å². The zero-order valence-corrected chi connectivity index (χ0v) is 14.5. The number of nitrogens with one attached hydrogen (secondary N) is 2. The second kappa shape index (κ2) is 7.69. The van der Waals surface area contributed by atoms with Crippen molar-refractivity contribution in [2.24, 2.45) is 0 Å². The Kier molecular flexibility index (Phi) is 7.68. The van der Waals surface area contributed by atoms with Crippen molar-refractivity contribution in [1.29, 1.82) is 0 Å². The minimum atomic E-state index is -0.821. The predicted molar refractivity (Wildman–Crippen MR) is 89.5 cm³/mol. The van der Waals surface area contributed by atoms with Gasteiger partial charge in [0.2, 0.25) is 11.8 Å². The number of carbonyl (C=O) groups excluding carboxylic acids is 2. The van der Waals surface area contributed by atoms with E-state index in [0.29, 0.717) is 18.7 Å². The van der Waals surface area contributed by atoms with E-state index in [1.54, 1.807) is 13.8 Å². The van der Waals surface area contributed by atoms with Gasteiger partial charge in [-0.2, -0.15) is 37.9 Å². The lowest BCUT2D eigenvalue weighted by molar-refractivity contribution is -0.129.